The molecule has 0 amide bonds. The number of hydrogen-bond donors (Lipinski definition) is 0. The fraction of sp³-hybridized carbons (Fsp3) is 0.371. The molecule has 0 spiro atoms. The highest BCUT2D eigenvalue weighted by atomic mass is 31.1. The highest BCUT2D eigenvalue weighted by molar-refractivity contribution is 7.80. The molecule has 10 heteroatoms. The number of aliphatic imine (C=N–C) groups is 1. The smallest absolute Gasteiger partial charge is 0.303 e. The van der Waals surface area contributed by atoms with Crippen LogP contribution in [0.1, 0.15) is 47.1 Å². The number of benzene rings is 3. The van der Waals surface area contributed by atoms with Crippen LogP contribution in [0, 0.1) is 0 Å². The van der Waals surface area contributed by atoms with Crippen molar-refractivity contribution in [3.05, 3.63) is 90.5 Å². The number of carbonyl (C=O) groups is 3. The first-order chi connectivity index (χ1) is 21.4. The molecule has 0 aromatic heterocycles. The van der Waals surface area contributed by atoms with Gasteiger partial charge in [-0.05, 0) is 44.6 Å². The van der Waals surface area contributed by atoms with Crippen molar-refractivity contribution in [1.29, 1.82) is 0 Å². The lowest BCUT2D eigenvalue weighted by molar-refractivity contribution is -0.293. The van der Waals surface area contributed by atoms with Gasteiger partial charge in [0.1, 0.15) is 18.8 Å². The van der Waals surface area contributed by atoms with Crippen molar-refractivity contribution in [1.82, 2.24) is 0 Å². The number of hydrogen-bond acceptors (Lipinski definition) is 9. The molecule has 0 N–H and O–H groups in total. The number of rotatable bonds is 10. The largest absolute Gasteiger partial charge is 0.463 e. The van der Waals surface area contributed by atoms with E-state index in [2.05, 4.69) is 30.3 Å². The minimum absolute atomic E-state index is 0.243. The molecule has 238 valence electrons. The second-order valence-electron chi connectivity index (χ2n) is 11.6. The Morgan fingerprint density at radius 3 is 1.84 bits per heavy atom. The van der Waals surface area contributed by atoms with Gasteiger partial charge in [-0.1, -0.05) is 84.9 Å². The second-order valence-corrected chi connectivity index (χ2v) is 13.7. The van der Waals surface area contributed by atoms with Gasteiger partial charge in [-0.15, -0.1) is 0 Å². The Hall–Kier alpha value is -3.91. The third-order valence-electron chi connectivity index (χ3n) is 6.73. The Labute approximate surface area is 265 Å². The minimum atomic E-state index is -1.12. The van der Waals surface area contributed by atoms with Crippen molar-refractivity contribution >= 4 is 48.0 Å². The molecule has 45 heavy (non-hydrogen) atoms. The van der Waals surface area contributed by atoms with E-state index in [0.29, 0.717) is 0 Å². The maximum Gasteiger partial charge on any atom is 0.303 e. The highest BCUT2D eigenvalue weighted by Crippen LogP contribution is 2.35. The van der Waals surface area contributed by atoms with E-state index in [1.165, 1.54) is 31.4 Å². The summed E-state index contributed by atoms with van der Waals surface area (Å²) in [4.78, 5) is 41.2. The van der Waals surface area contributed by atoms with Gasteiger partial charge >= 0.3 is 17.9 Å². The molecule has 0 bridgehead atoms. The fourth-order valence-electron chi connectivity index (χ4n) is 5.04. The highest BCUT2D eigenvalue weighted by Gasteiger charge is 2.51. The first kappa shape index (κ1) is 34.0. The molecule has 0 radical (unpaired) electrons. The lowest BCUT2D eigenvalue weighted by Crippen LogP contribution is -2.62. The SMILES string of the molecule is CC(=O)OC[C@H]1O[C@@H](OC(C)(C)C)[C@H](N=Cc2ccccc2P(c2ccccc2)c2ccccc2)[C@@H](OC(C)=O)[C@@H]1OC(C)=O. The molecule has 3 aromatic rings. The Morgan fingerprint density at radius 1 is 0.778 bits per heavy atom. The van der Waals surface area contributed by atoms with Gasteiger partial charge in [-0.3, -0.25) is 19.4 Å². The molecule has 3 aromatic carbocycles. The van der Waals surface area contributed by atoms with E-state index in [1.807, 2.05) is 75.4 Å². The van der Waals surface area contributed by atoms with Crippen LogP contribution in [0.25, 0.3) is 0 Å². The molecule has 1 aliphatic rings. The Balaban J connectivity index is 1.81. The Bertz CT molecular complexity index is 1430. The van der Waals surface area contributed by atoms with Crippen LogP contribution in [0.5, 0.6) is 0 Å². The summed E-state index contributed by atoms with van der Waals surface area (Å²) in [5.41, 5.74) is 0.172. The molecule has 0 aliphatic carbocycles. The number of esters is 3. The second kappa shape index (κ2) is 15.4. The van der Waals surface area contributed by atoms with Crippen LogP contribution in [0.15, 0.2) is 89.9 Å². The quantitative estimate of drug-likeness (QED) is 0.142. The van der Waals surface area contributed by atoms with Gasteiger partial charge in [0.2, 0.25) is 0 Å². The molecule has 4 rings (SSSR count). The summed E-state index contributed by atoms with van der Waals surface area (Å²) in [5.74, 6) is -1.76. The number of nitrogens with zero attached hydrogens (tertiary/aromatic N) is 1. The van der Waals surface area contributed by atoms with Gasteiger partial charge in [0.05, 0.1) is 5.60 Å². The van der Waals surface area contributed by atoms with Crippen LogP contribution in [0.2, 0.25) is 0 Å². The molecule has 0 unspecified atom stereocenters. The van der Waals surface area contributed by atoms with E-state index >= 15 is 0 Å². The van der Waals surface area contributed by atoms with Crippen molar-refractivity contribution in [3.8, 4) is 0 Å². The normalized spacial score (nSPS) is 21.8. The van der Waals surface area contributed by atoms with Gasteiger partial charge in [0.15, 0.2) is 18.5 Å². The van der Waals surface area contributed by atoms with Crippen molar-refractivity contribution in [3.63, 3.8) is 0 Å². The third kappa shape index (κ3) is 9.54. The summed E-state index contributed by atoms with van der Waals surface area (Å²) in [6.45, 7) is 9.12. The summed E-state index contributed by atoms with van der Waals surface area (Å²) in [7, 11) is -0.950. The van der Waals surface area contributed by atoms with Crippen LogP contribution in [-0.4, -0.2) is 67.0 Å². The fourth-order valence-corrected chi connectivity index (χ4v) is 7.46. The van der Waals surface area contributed by atoms with Crippen LogP contribution >= 0.6 is 7.92 Å². The van der Waals surface area contributed by atoms with E-state index in [4.69, 9.17) is 28.7 Å². The molecule has 1 aliphatic heterocycles. The Kier molecular flexibility index (Phi) is 11.6. The minimum Gasteiger partial charge on any atom is -0.463 e. The predicted molar refractivity (Wildman–Crippen MR) is 174 cm³/mol. The molecular weight excluding hydrogens is 593 g/mol. The topological polar surface area (TPSA) is 110 Å². The number of ether oxygens (including phenoxy) is 5. The molecule has 9 nitrogen and oxygen atoms in total. The standard InChI is InChI=1S/C35H40NO8P/c1-23(37)40-22-29-32(41-24(2)38)33(42-25(3)39)31(34(43-29)44-35(4,5)6)36-21-26-15-13-14-20-30(26)45(27-16-9-7-10-17-27)28-18-11-8-12-19-28/h7-21,29,31-34H,22H2,1-6H3/t29-,31-,32-,33-,34+/m1/s1. The molecule has 1 heterocycles. The first-order valence-corrected chi connectivity index (χ1v) is 16.1. The third-order valence-corrected chi connectivity index (χ3v) is 9.25. The van der Waals surface area contributed by atoms with E-state index in [1.54, 1.807) is 6.21 Å². The van der Waals surface area contributed by atoms with E-state index in [0.717, 1.165) is 10.9 Å². The summed E-state index contributed by atoms with van der Waals surface area (Å²) >= 11 is 0. The average Bonchev–Trinajstić information content (AvgIpc) is 2.98. The van der Waals surface area contributed by atoms with E-state index in [9.17, 15) is 14.4 Å². The summed E-state index contributed by atoms with van der Waals surface area (Å²) in [6.07, 6.45) is -2.49. The van der Waals surface area contributed by atoms with Crippen molar-refractivity contribution in [2.24, 2.45) is 4.99 Å². The molecule has 5 atom stereocenters. The molecule has 1 saturated heterocycles. The van der Waals surface area contributed by atoms with Crippen molar-refractivity contribution < 1.29 is 38.1 Å². The van der Waals surface area contributed by atoms with Crippen LogP contribution < -0.4 is 15.9 Å². The molecule has 1 fully saturated rings. The van der Waals surface area contributed by atoms with Gasteiger partial charge in [0, 0.05) is 32.5 Å². The van der Waals surface area contributed by atoms with Crippen molar-refractivity contribution in [2.75, 3.05) is 6.61 Å². The first-order valence-electron chi connectivity index (χ1n) is 14.8. The summed E-state index contributed by atoms with van der Waals surface area (Å²) in [6, 6.07) is 27.7. The lowest BCUT2D eigenvalue weighted by Gasteiger charge is -2.45. The number of carbonyl (C=O) groups excluding carboxylic acids is 3. The van der Waals surface area contributed by atoms with Gasteiger partial charge < -0.3 is 23.7 Å². The monoisotopic (exact) mass is 633 g/mol. The maximum absolute atomic E-state index is 12.4. The van der Waals surface area contributed by atoms with E-state index in [-0.39, 0.29) is 6.61 Å². The Morgan fingerprint density at radius 2 is 1.31 bits per heavy atom. The van der Waals surface area contributed by atoms with E-state index < -0.39 is 62.1 Å². The van der Waals surface area contributed by atoms with Crippen LogP contribution in [0.4, 0.5) is 0 Å². The average molecular weight is 634 g/mol. The summed E-state index contributed by atoms with van der Waals surface area (Å²) in [5, 5.41) is 3.43. The zero-order chi connectivity index (χ0) is 32.6. The molecular formula is C35H40NO8P. The van der Waals surface area contributed by atoms with Gasteiger partial charge in [-0.25, -0.2) is 0 Å². The predicted octanol–water partition coefficient (Wildman–Crippen LogP) is 4.20. The lowest BCUT2D eigenvalue weighted by atomic mass is 9.96. The van der Waals surface area contributed by atoms with Gasteiger partial charge in [-0.2, -0.15) is 0 Å². The zero-order valence-corrected chi connectivity index (χ0v) is 27.3. The van der Waals surface area contributed by atoms with Crippen LogP contribution in [0.3, 0.4) is 0 Å². The van der Waals surface area contributed by atoms with Gasteiger partial charge in [0.25, 0.3) is 0 Å². The maximum atomic E-state index is 12.4. The summed E-state index contributed by atoms with van der Waals surface area (Å²) < 4.78 is 29.2. The molecule has 0 saturated carbocycles. The zero-order valence-electron chi connectivity index (χ0n) is 26.4. The van der Waals surface area contributed by atoms with Crippen LogP contribution in [-0.2, 0) is 38.1 Å². The van der Waals surface area contributed by atoms with Crippen molar-refractivity contribution in [2.45, 2.75) is 77.8 Å².